The van der Waals surface area contributed by atoms with E-state index in [4.69, 9.17) is 0 Å². The molecule has 3 aliphatic carbocycles. The van der Waals surface area contributed by atoms with Gasteiger partial charge in [-0.1, -0.05) is 39.0 Å². The third-order valence-electron chi connectivity index (χ3n) is 8.72. The van der Waals surface area contributed by atoms with Crippen molar-refractivity contribution in [2.45, 2.75) is 46.2 Å². The molecule has 1 N–H and O–H groups in total. The molecule has 1 amide bonds. The molecule has 1 saturated heterocycles. The van der Waals surface area contributed by atoms with E-state index >= 15 is 0 Å². The predicted octanol–water partition coefficient (Wildman–Crippen LogP) is 3.84. The van der Waals surface area contributed by atoms with Gasteiger partial charge >= 0.3 is 0 Å². The number of carbonyl (C=O) groups excluding carboxylic acids is 1. The van der Waals surface area contributed by atoms with Gasteiger partial charge in [-0.25, -0.2) is 4.68 Å². The van der Waals surface area contributed by atoms with E-state index in [0.29, 0.717) is 34.9 Å². The summed E-state index contributed by atoms with van der Waals surface area (Å²) in [4.78, 5) is 30.0. The number of hydrogen-bond acceptors (Lipinski definition) is 5. The van der Waals surface area contributed by atoms with Gasteiger partial charge in [0.15, 0.2) is 0 Å². The topological polar surface area (TPSA) is 70.5 Å². The summed E-state index contributed by atoms with van der Waals surface area (Å²) in [7, 11) is 0. The van der Waals surface area contributed by atoms with E-state index in [1.54, 1.807) is 6.20 Å². The van der Waals surface area contributed by atoms with E-state index in [-0.39, 0.29) is 18.0 Å². The number of anilines is 2. The van der Waals surface area contributed by atoms with Gasteiger partial charge < -0.3 is 15.1 Å². The second-order valence-electron chi connectivity index (χ2n) is 10.7. The van der Waals surface area contributed by atoms with Crippen molar-refractivity contribution >= 4 is 33.2 Å². The number of fused-ring (bicyclic) bond motifs is 2. The van der Waals surface area contributed by atoms with E-state index in [1.807, 2.05) is 23.1 Å². The number of piperazine rings is 1. The fourth-order valence-electron chi connectivity index (χ4n) is 6.30. The molecule has 0 radical (unpaired) electrons. The van der Waals surface area contributed by atoms with Crippen molar-refractivity contribution in [1.82, 2.24) is 14.7 Å². The minimum atomic E-state index is -0.268. The first-order valence-corrected chi connectivity index (χ1v) is 13.1. The highest BCUT2D eigenvalue weighted by Gasteiger charge is 2.56. The quantitative estimate of drug-likeness (QED) is 0.639. The van der Waals surface area contributed by atoms with Crippen LogP contribution < -0.4 is 15.8 Å². The normalized spacial score (nSPS) is 27.8. The van der Waals surface area contributed by atoms with E-state index in [0.717, 1.165) is 37.0 Å². The SMILES string of the molecule is C[C@@H]1[C@H]2C[C@@H](C[C@H]1Nc1cnn(CC(=O)N3CCN(c4ccccc4)CC3)c(=O)c1Br)C2(C)C. The lowest BCUT2D eigenvalue weighted by molar-refractivity contribution is -0.132. The molecule has 6 rings (SSSR count). The molecular weight excluding hydrogens is 494 g/mol. The Morgan fingerprint density at radius 2 is 1.85 bits per heavy atom. The highest BCUT2D eigenvalue weighted by Crippen LogP contribution is 2.61. The monoisotopic (exact) mass is 527 g/mol. The highest BCUT2D eigenvalue weighted by atomic mass is 79.9. The van der Waals surface area contributed by atoms with Crippen LogP contribution in [0.25, 0.3) is 0 Å². The third kappa shape index (κ3) is 4.14. The molecule has 3 saturated carbocycles. The molecule has 7 nitrogen and oxygen atoms in total. The number of nitrogens with one attached hydrogen (secondary N) is 1. The molecule has 4 fully saturated rings. The summed E-state index contributed by atoms with van der Waals surface area (Å²) >= 11 is 3.48. The van der Waals surface area contributed by atoms with Crippen molar-refractivity contribution in [2.75, 3.05) is 36.4 Å². The van der Waals surface area contributed by atoms with Crippen molar-refractivity contribution in [3.63, 3.8) is 0 Å². The second-order valence-corrected chi connectivity index (χ2v) is 11.5. The summed E-state index contributed by atoms with van der Waals surface area (Å²) < 4.78 is 1.72. The average Bonchev–Trinajstić information content (AvgIpc) is 2.85. The molecule has 2 heterocycles. The number of aromatic nitrogens is 2. The highest BCUT2D eigenvalue weighted by molar-refractivity contribution is 9.10. The molecule has 0 spiro atoms. The van der Waals surface area contributed by atoms with E-state index in [2.05, 4.69) is 64.1 Å². The first kappa shape index (κ1) is 23.4. The zero-order chi connectivity index (χ0) is 24.0. The van der Waals surface area contributed by atoms with Crippen LogP contribution in [0.5, 0.6) is 0 Å². The summed E-state index contributed by atoms with van der Waals surface area (Å²) in [6.07, 6.45) is 4.12. The number of rotatable bonds is 5. The minimum Gasteiger partial charge on any atom is -0.380 e. The Morgan fingerprint density at radius 1 is 1.15 bits per heavy atom. The molecule has 2 bridgehead atoms. The molecule has 1 aliphatic heterocycles. The average molecular weight is 528 g/mol. The van der Waals surface area contributed by atoms with Crippen molar-refractivity contribution in [3.8, 4) is 0 Å². The van der Waals surface area contributed by atoms with Gasteiger partial charge in [0, 0.05) is 37.9 Å². The van der Waals surface area contributed by atoms with Crippen LogP contribution in [0.4, 0.5) is 11.4 Å². The maximum atomic E-state index is 13.0. The van der Waals surface area contributed by atoms with E-state index in [1.165, 1.54) is 16.8 Å². The van der Waals surface area contributed by atoms with Crippen molar-refractivity contribution in [1.29, 1.82) is 0 Å². The number of amides is 1. The lowest BCUT2D eigenvalue weighted by atomic mass is 9.45. The van der Waals surface area contributed by atoms with Gasteiger partial charge in [-0.2, -0.15) is 5.10 Å². The van der Waals surface area contributed by atoms with Crippen LogP contribution in [-0.4, -0.2) is 52.8 Å². The number of halogens is 1. The smallest absolute Gasteiger partial charge is 0.283 e. The number of nitrogens with zero attached hydrogens (tertiary/aromatic N) is 4. The first-order valence-electron chi connectivity index (χ1n) is 12.4. The molecular formula is C26H34BrN5O2. The lowest BCUT2D eigenvalue weighted by Crippen LogP contribution is -2.58. The van der Waals surface area contributed by atoms with Gasteiger partial charge in [0.05, 0.1) is 11.9 Å². The standard InChI is InChI=1S/C26H34BrN5O2/c1-17-20-13-18(26(20,2)3)14-21(17)29-22-15-28-32(25(34)24(22)27)16-23(33)31-11-9-30(10-12-31)19-7-5-4-6-8-19/h4-8,15,17-18,20-21,29H,9-14,16H2,1-3H3/t17-,18+,20-,21-/m1/s1. The maximum Gasteiger partial charge on any atom is 0.283 e. The fraction of sp³-hybridized carbons (Fsp3) is 0.577. The fourth-order valence-corrected chi connectivity index (χ4v) is 6.72. The summed E-state index contributed by atoms with van der Waals surface area (Å²) in [5.41, 5.74) is 2.05. The van der Waals surface area contributed by atoms with Crippen LogP contribution in [0, 0.1) is 23.2 Å². The molecule has 2 aromatic rings. The van der Waals surface area contributed by atoms with Gasteiger partial charge in [0.25, 0.3) is 5.56 Å². The van der Waals surface area contributed by atoms with Crippen LogP contribution in [0.2, 0.25) is 0 Å². The van der Waals surface area contributed by atoms with Gasteiger partial charge in [-0.15, -0.1) is 0 Å². The van der Waals surface area contributed by atoms with E-state index < -0.39 is 0 Å². The largest absolute Gasteiger partial charge is 0.380 e. The molecule has 8 heteroatoms. The summed E-state index contributed by atoms with van der Waals surface area (Å²) in [5.74, 6) is 1.93. The zero-order valence-corrected chi connectivity index (χ0v) is 21.8. The third-order valence-corrected chi connectivity index (χ3v) is 9.49. The minimum absolute atomic E-state index is 0.0405. The molecule has 4 aliphatic rings. The Labute approximate surface area is 209 Å². The summed E-state index contributed by atoms with van der Waals surface area (Å²) in [6.45, 7) is 9.89. The summed E-state index contributed by atoms with van der Waals surface area (Å²) in [5, 5.41) is 7.92. The molecule has 1 aromatic carbocycles. The molecule has 34 heavy (non-hydrogen) atoms. The molecule has 4 atom stereocenters. The van der Waals surface area contributed by atoms with Crippen molar-refractivity contribution in [3.05, 3.63) is 51.4 Å². The zero-order valence-electron chi connectivity index (χ0n) is 20.2. The number of carbonyl (C=O) groups is 1. The Morgan fingerprint density at radius 3 is 2.50 bits per heavy atom. The van der Waals surface area contributed by atoms with Gasteiger partial charge in [0.2, 0.25) is 5.91 Å². The molecule has 1 aromatic heterocycles. The van der Waals surface area contributed by atoms with Crippen LogP contribution >= 0.6 is 15.9 Å². The van der Waals surface area contributed by atoms with Crippen molar-refractivity contribution < 1.29 is 4.79 Å². The first-order chi connectivity index (χ1) is 16.3. The van der Waals surface area contributed by atoms with Crippen LogP contribution in [0.15, 0.2) is 45.8 Å². The number of para-hydroxylation sites is 1. The lowest BCUT2D eigenvalue weighted by Gasteiger charge is -2.62. The molecule has 182 valence electrons. The Balaban J connectivity index is 1.20. The second kappa shape index (κ2) is 9.02. The van der Waals surface area contributed by atoms with Crippen molar-refractivity contribution in [2.24, 2.45) is 23.2 Å². The van der Waals surface area contributed by atoms with E-state index in [9.17, 15) is 9.59 Å². The van der Waals surface area contributed by atoms with Crippen LogP contribution in [0.1, 0.15) is 33.6 Å². The molecule has 0 unspecified atom stereocenters. The Hall–Kier alpha value is -2.35. The van der Waals surface area contributed by atoms with Gasteiger partial charge in [0.1, 0.15) is 11.0 Å². The Bertz CT molecular complexity index is 1110. The predicted molar refractivity (Wildman–Crippen MR) is 138 cm³/mol. The van der Waals surface area contributed by atoms with Crippen LogP contribution in [-0.2, 0) is 11.3 Å². The van der Waals surface area contributed by atoms with Gasteiger partial charge in [-0.05, 0) is 64.1 Å². The van der Waals surface area contributed by atoms with Crippen LogP contribution in [0.3, 0.4) is 0 Å². The number of hydrogen-bond donors (Lipinski definition) is 1. The number of benzene rings is 1. The maximum absolute atomic E-state index is 13.0. The summed E-state index contributed by atoms with van der Waals surface area (Å²) in [6, 6.07) is 10.6. The van der Waals surface area contributed by atoms with Gasteiger partial charge in [-0.3, -0.25) is 9.59 Å². The Kier molecular flexibility index (Phi) is 6.21.